The van der Waals surface area contributed by atoms with Gasteiger partial charge in [-0.15, -0.1) is 0 Å². The van der Waals surface area contributed by atoms with Crippen molar-refractivity contribution in [1.29, 1.82) is 0 Å². The molecule has 1 rings (SSSR count). The van der Waals surface area contributed by atoms with Crippen LogP contribution in [0.5, 0.6) is 17.2 Å². The summed E-state index contributed by atoms with van der Waals surface area (Å²) in [5.41, 5.74) is 1.19. The second kappa shape index (κ2) is 11.9. The Bertz CT molecular complexity index is 466. The molecule has 0 N–H and O–H groups in total. The van der Waals surface area contributed by atoms with Gasteiger partial charge in [0, 0.05) is 0 Å². The van der Waals surface area contributed by atoms with Crippen LogP contribution >= 0.6 is 0 Å². The fraction of sp³-hybridized carbons (Fsp3) is 0.600. The van der Waals surface area contributed by atoms with E-state index in [0.29, 0.717) is 19.8 Å². The van der Waals surface area contributed by atoms with Gasteiger partial charge in [0.05, 0.1) is 19.8 Å². The topological polar surface area (TPSA) is 27.7 Å². The highest BCUT2D eigenvalue weighted by Gasteiger charge is 2.17. The maximum Gasteiger partial charge on any atom is 0.203 e. The zero-order valence-electron chi connectivity index (χ0n) is 15.2. The molecule has 0 aliphatic rings. The van der Waals surface area contributed by atoms with Crippen molar-refractivity contribution in [3.8, 4) is 17.2 Å². The average Bonchev–Trinajstić information content (AvgIpc) is 2.57. The molecule has 1 aromatic carbocycles. The summed E-state index contributed by atoms with van der Waals surface area (Å²) in [4.78, 5) is 0. The fourth-order valence-corrected chi connectivity index (χ4v) is 2.22. The zero-order chi connectivity index (χ0) is 16.9. The summed E-state index contributed by atoms with van der Waals surface area (Å²) < 4.78 is 17.9. The summed E-state index contributed by atoms with van der Waals surface area (Å²) in [5, 5.41) is 0. The molecule has 130 valence electrons. The van der Waals surface area contributed by atoms with E-state index in [-0.39, 0.29) is 0 Å². The van der Waals surface area contributed by atoms with Crippen LogP contribution in [-0.2, 0) is 6.42 Å². The number of hydrogen-bond donors (Lipinski definition) is 0. The van der Waals surface area contributed by atoms with Gasteiger partial charge >= 0.3 is 0 Å². The van der Waals surface area contributed by atoms with E-state index < -0.39 is 0 Å². The van der Waals surface area contributed by atoms with Gasteiger partial charge in [0.15, 0.2) is 11.5 Å². The Morgan fingerprint density at radius 1 is 0.826 bits per heavy atom. The maximum absolute atomic E-state index is 6.04. The summed E-state index contributed by atoms with van der Waals surface area (Å²) in [5.74, 6) is 2.42. The first-order chi connectivity index (χ1) is 11.3. The van der Waals surface area contributed by atoms with Crippen molar-refractivity contribution < 1.29 is 14.2 Å². The molecule has 0 heterocycles. The minimum atomic E-state index is 0.670. The van der Waals surface area contributed by atoms with E-state index in [1.165, 1.54) is 5.56 Å². The van der Waals surface area contributed by atoms with Crippen molar-refractivity contribution in [1.82, 2.24) is 0 Å². The predicted molar refractivity (Wildman–Crippen MR) is 96.9 cm³/mol. The van der Waals surface area contributed by atoms with Crippen LogP contribution in [0, 0.1) is 0 Å². The SMILES string of the molecule is C/C=C\CCc1ccc(OCCC)c(OCCC)c1OCCC. The lowest BCUT2D eigenvalue weighted by atomic mass is 10.1. The summed E-state index contributed by atoms with van der Waals surface area (Å²) in [6.45, 7) is 10.4. The van der Waals surface area contributed by atoms with Crippen LogP contribution in [0.2, 0.25) is 0 Å². The molecule has 1 aromatic rings. The van der Waals surface area contributed by atoms with Crippen LogP contribution in [0.1, 0.15) is 58.9 Å². The summed E-state index contributed by atoms with van der Waals surface area (Å²) in [7, 11) is 0. The van der Waals surface area contributed by atoms with Crippen LogP contribution in [0.3, 0.4) is 0 Å². The Labute approximate surface area is 141 Å². The first-order valence-corrected chi connectivity index (χ1v) is 8.93. The standard InChI is InChI=1S/C20H32O3/c1-5-9-10-11-17-12-13-18(21-14-6-2)20(23-16-8-4)19(17)22-15-7-3/h5,9,12-13H,6-8,10-11,14-16H2,1-4H3/b9-5-. The second-order valence-electron chi connectivity index (χ2n) is 5.53. The van der Waals surface area contributed by atoms with Crippen molar-refractivity contribution in [3.63, 3.8) is 0 Å². The average molecular weight is 320 g/mol. The first kappa shape index (κ1) is 19.4. The molecule has 0 bridgehead atoms. The highest BCUT2D eigenvalue weighted by molar-refractivity contribution is 5.56. The molecule has 0 unspecified atom stereocenters. The van der Waals surface area contributed by atoms with E-state index in [0.717, 1.165) is 49.4 Å². The highest BCUT2D eigenvalue weighted by atomic mass is 16.5. The zero-order valence-corrected chi connectivity index (χ0v) is 15.2. The molecule has 0 amide bonds. The lowest BCUT2D eigenvalue weighted by molar-refractivity contribution is 0.241. The van der Waals surface area contributed by atoms with Crippen LogP contribution in [0.15, 0.2) is 24.3 Å². The summed E-state index contributed by atoms with van der Waals surface area (Å²) >= 11 is 0. The molecule has 0 radical (unpaired) electrons. The monoisotopic (exact) mass is 320 g/mol. The normalized spacial score (nSPS) is 11.0. The Kier molecular flexibility index (Phi) is 10.0. The molecule has 23 heavy (non-hydrogen) atoms. The molecule has 0 aliphatic carbocycles. The van der Waals surface area contributed by atoms with Crippen LogP contribution in [0.25, 0.3) is 0 Å². The molecule has 0 spiro atoms. The molecular formula is C20H32O3. The third-order valence-electron chi connectivity index (χ3n) is 3.34. The van der Waals surface area contributed by atoms with Gasteiger partial charge in [-0.3, -0.25) is 0 Å². The molecule has 0 aromatic heterocycles. The predicted octanol–water partition coefficient (Wildman–Crippen LogP) is 5.56. The Morgan fingerprint density at radius 2 is 1.43 bits per heavy atom. The van der Waals surface area contributed by atoms with E-state index >= 15 is 0 Å². The third kappa shape index (κ3) is 6.55. The van der Waals surface area contributed by atoms with Crippen molar-refractivity contribution in [2.24, 2.45) is 0 Å². The fourth-order valence-electron chi connectivity index (χ4n) is 2.22. The van der Waals surface area contributed by atoms with Gasteiger partial charge in [0.2, 0.25) is 5.75 Å². The largest absolute Gasteiger partial charge is 0.490 e. The van der Waals surface area contributed by atoms with Crippen molar-refractivity contribution in [3.05, 3.63) is 29.8 Å². The van der Waals surface area contributed by atoms with Gasteiger partial charge in [-0.05, 0) is 50.7 Å². The lowest BCUT2D eigenvalue weighted by Gasteiger charge is -2.19. The van der Waals surface area contributed by atoms with Crippen molar-refractivity contribution in [2.75, 3.05) is 19.8 Å². The van der Waals surface area contributed by atoms with Gasteiger partial charge < -0.3 is 14.2 Å². The van der Waals surface area contributed by atoms with Crippen LogP contribution in [-0.4, -0.2) is 19.8 Å². The molecule has 0 saturated heterocycles. The maximum atomic E-state index is 6.04. The van der Waals surface area contributed by atoms with E-state index in [2.05, 4.69) is 39.0 Å². The van der Waals surface area contributed by atoms with Gasteiger partial charge in [-0.1, -0.05) is 39.0 Å². The number of ether oxygens (including phenoxy) is 3. The third-order valence-corrected chi connectivity index (χ3v) is 3.34. The van der Waals surface area contributed by atoms with Crippen molar-refractivity contribution >= 4 is 0 Å². The molecule has 0 saturated carbocycles. The molecule has 3 nitrogen and oxygen atoms in total. The summed E-state index contributed by atoms with van der Waals surface area (Å²) in [6.07, 6.45) is 9.12. The smallest absolute Gasteiger partial charge is 0.203 e. The van der Waals surface area contributed by atoms with Crippen molar-refractivity contribution in [2.45, 2.75) is 59.8 Å². The van der Waals surface area contributed by atoms with E-state index in [1.54, 1.807) is 0 Å². The molecule has 3 heteroatoms. The van der Waals surface area contributed by atoms with Gasteiger partial charge in [0.25, 0.3) is 0 Å². The molecular weight excluding hydrogens is 288 g/mol. The molecule has 0 aliphatic heterocycles. The number of hydrogen-bond acceptors (Lipinski definition) is 3. The van der Waals surface area contributed by atoms with E-state index in [4.69, 9.17) is 14.2 Å². The first-order valence-electron chi connectivity index (χ1n) is 8.93. The Hall–Kier alpha value is -1.64. The minimum absolute atomic E-state index is 0.670. The number of aryl methyl sites for hydroxylation is 1. The highest BCUT2D eigenvalue weighted by Crippen LogP contribution is 2.41. The minimum Gasteiger partial charge on any atom is -0.490 e. The van der Waals surface area contributed by atoms with Gasteiger partial charge in [-0.25, -0.2) is 0 Å². The Balaban J connectivity index is 3.12. The molecule has 0 fully saturated rings. The second-order valence-corrected chi connectivity index (χ2v) is 5.53. The lowest BCUT2D eigenvalue weighted by Crippen LogP contribution is -2.07. The van der Waals surface area contributed by atoms with E-state index in [9.17, 15) is 0 Å². The summed E-state index contributed by atoms with van der Waals surface area (Å²) in [6, 6.07) is 4.13. The van der Waals surface area contributed by atoms with Gasteiger partial charge in [0.1, 0.15) is 0 Å². The number of rotatable bonds is 12. The number of allylic oxidation sites excluding steroid dienone is 2. The van der Waals surface area contributed by atoms with E-state index in [1.807, 2.05) is 13.0 Å². The Morgan fingerprint density at radius 3 is 2.04 bits per heavy atom. The van der Waals surface area contributed by atoms with Crippen LogP contribution in [0.4, 0.5) is 0 Å². The molecule has 0 atom stereocenters. The quantitative estimate of drug-likeness (QED) is 0.472. The number of benzene rings is 1. The van der Waals surface area contributed by atoms with Crippen LogP contribution < -0.4 is 14.2 Å². The van der Waals surface area contributed by atoms with Gasteiger partial charge in [-0.2, -0.15) is 0 Å².